The van der Waals surface area contributed by atoms with Crippen LogP contribution in [-0.4, -0.2) is 36.6 Å². The van der Waals surface area contributed by atoms with Crippen molar-refractivity contribution in [3.05, 3.63) is 0 Å². The fraction of sp³-hybridized carbons (Fsp3) is 1.00. The van der Waals surface area contributed by atoms with Gasteiger partial charge in [0.05, 0.1) is 0 Å². The molecule has 2 heteroatoms. The van der Waals surface area contributed by atoms with Gasteiger partial charge in [0, 0.05) is 18.6 Å². The zero-order valence-corrected chi connectivity index (χ0v) is 12.4. The summed E-state index contributed by atoms with van der Waals surface area (Å²) in [6.07, 6.45) is 7.41. The summed E-state index contributed by atoms with van der Waals surface area (Å²) in [7, 11) is 0. The van der Waals surface area contributed by atoms with Crippen LogP contribution in [0.15, 0.2) is 0 Å². The van der Waals surface area contributed by atoms with E-state index in [1.54, 1.807) is 0 Å². The molecule has 2 saturated carbocycles. The molecule has 1 saturated heterocycles. The Kier molecular flexibility index (Phi) is 3.44. The van der Waals surface area contributed by atoms with Gasteiger partial charge >= 0.3 is 0 Å². The quantitative estimate of drug-likeness (QED) is 0.770. The van der Waals surface area contributed by atoms with Crippen LogP contribution in [0, 0.1) is 17.3 Å². The monoisotopic (exact) mass is 250 g/mol. The van der Waals surface area contributed by atoms with Crippen LogP contribution in [0.1, 0.15) is 52.9 Å². The Morgan fingerprint density at radius 2 is 1.94 bits per heavy atom. The first kappa shape index (κ1) is 12.9. The first-order valence-corrected chi connectivity index (χ1v) is 8.01. The van der Waals surface area contributed by atoms with Crippen LogP contribution in [0.4, 0.5) is 0 Å². The van der Waals surface area contributed by atoms with Crippen LogP contribution >= 0.6 is 0 Å². The Hall–Kier alpha value is -0.0800. The van der Waals surface area contributed by atoms with Gasteiger partial charge in [0.1, 0.15) is 0 Å². The second-order valence-corrected chi connectivity index (χ2v) is 7.96. The van der Waals surface area contributed by atoms with Crippen molar-refractivity contribution in [1.29, 1.82) is 0 Å². The molecule has 2 nitrogen and oxygen atoms in total. The normalized spacial score (nSPS) is 42.2. The zero-order chi connectivity index (χ0) is 12.8. The molecule has 0 aromatic carbocycles. The Morgan fingerprint density at radius 1 is 1.11 bits per heavy atom. The lowest BCUT2D eigenvalue weighted by atomic mass is 9.85. The van der Waals surface area contributed by atoms with E-state index in [-0.39, 0.29) is 0 Å². The van der Waals surface area contributed by atoms with Crippen molar-refractivity contribution >= 4 is 0 Å². The lowest BCUT2D eigenvalue weighted by molar-refractivity contribution is 0.117. The summed E-state index contributed by atoms with van der Waals surface area (Å²) < 4.78 is 0. The molecule has 4 atom stereocenters. The maximum Gasteiger partial charge on any atom is 0.0243 e. The Labute approximate surface area is 113 Å². The highest BCUT2D eigenvalue weighted by atomic mass is 15.2. The topological polar surface area (TPSA) is 15.3 Å². The number of fused-ring (bicyclic) bond motifs is 2. The number of nitrogens with one attached hydrogen (secondary N) is 1. The molecule has 18 heavy (non-hydrogen) atoms. The summed E-state index contributed by atoms with van der Waals surface area (Å²) in [6, 6.07) is 1.59. The van der Waals surface area contributed by atoms with Crippen molar-refractivity contribution < 1.29 is 0 Å². The molecule has 2 aliphatic carbocycles. The van der Waals surface area contributed by atoms with Crippen LogP contribution in [0.25, 0.3) is 0 Å². The lowest BCUT2D eigenvalue weighted by Gasteiger charge is -2.39. The molecule has 3 rings (SSSR count). The van der Waals surface area contributed by atoms with Gasteiger partial charge in [0.25, 0.3) is 0 Å². The third kappa shape index (κ3) is 2.46. The summed E-state index contributed by atoms with van der Waals surface area (Å²) in [6.45, 7) is 11.0. The number of rotatable bonds is 1. The summed E-state index contributed by atoms with van der Waals surface area (Å²) in [4.78, 5) is 2.85. The van der Waals surface area contributed by atoms with Crippen molar-refractivity contribution in [2.24, 2.45) is 17.3 Å². The smallest absolute Gasteiger partial charge is 0.0243 e. The average Bonchev–Trinajstić information content (AvgIpc) is 2.82. The van der Waals surface area contributed by atoms with Crippen LogP contribution in [0.2, 0.25) is 0 Å². The summed E-state index contributed by atoms with van der Waals surface area (Å²) >= 11 is 0. The van der Waals surface area contributed by atoms with Crippen LogP contribution < -0.4 is 5.32 Å². The van der Waals surface area contributed by atoms with Crippen molar-refractivity contribution in [3.63, 3.8) is 0 Å². The average molecular weight is 250 g/mol. The minimum absolute atomic E-state index is 0.389. The minimum atomic E-state index is 0.389. The van der Waals surface area contributed by atoms with E-state index in [0.29, 0.717) is 11.5 Å². The fourth-order valence-corrected chi connectivity index (χ4v) is 4.49. The Bertz CT molecular complexity index is 294. The molecule has 2 bridgehead atoms. The predicted molar refractivity (Wildman–Crippen MR) is 76.7 cm³/mol. The van der Waals surface area contributed by atoms with E-state index in [4.69, 9.17) is 0 Å². The third-order valence-electron chi connectivity index (χ3n) is 5.65. The van der Waals surface area contributed by atoms with Gasteiger partial charge in [-0.15, -0.1) is 0 Å². The van der Waals surface area contributed by atoms with Gasteiger partial charge in [0.2, 0.25) is 0 Å². The van der Waals surface area contributed by atoms with Gasteiger partial charge in [-0.25, -0.2) is 0 Å². The van der Waals surface area contributed by atoms with E-state index < -0.39 is 0 Å². The lowest BCUT2D eigenvalue weighted by Crippen LogP contribution is -2.49. The molecule has 0 aromatic rings. The van der Waals surface area contributed by atoms with Crippen molar-refractivity contribution in [2.45, 2.75) is 65.0 Å². The molecule has 3 aliphatic rings. The molecule has 0 amide bonds. The molecule has 0 spiro atoms. The molecule has 1 heterocycles. The van der Waals surface area contributed by atoms with E-state index in [0.717, 1.165) is 17.9 Å². The van der Waals surface area contributed by atoms with E-state index in [2.05, 4.69) is 31.0 Å². The van der Waals surface area contributed by atoms with Gasteiger partial charge in [0.15, 0.2) is 0 Å². The third-order valence-corrected chi connectivity index (χ3v) is 5.65. The second-order valence-electron chi connectivity index (χ2n) is 7.96. The van der Waals surface area contributed by atoms with Gasteiger partial charge in [-0.3, -0.25) is 4.90 Å². The highest BCUT2D eigenvalue weighted by molar-refractivity contribution is 4.97. The first-order valence-electron chi connectivity index (χ1n) is 8.01. The van der Waals surface area contributed by atoms with E-state index in [9.17, 15) is 0 Å². The molecular weight excluding hydrogens is 220 g/mol. The molecule has 0 aromatic heterocycles. The predicted octanol–water partition coefficient (Wildman–Crippen LogP) is 2.89. The van der Waals surface area contributed by atoms with Crippen molar-refractivity contribution in [2.75, 3.05) is 19.6 Å². The largest absolute Gasteiger partial charge is 0.312 e. The molecule has 3 fully saturated rings. The summed E-state index contributed by atoms with van der Waals surface area (Å²) in [5.41, 5.74) is 0.389. The van der Waals surface area contributed by atoms with Crippen molar-refractivity contribution in [1.82, 2.24) is 10.2 Å². The summed E-state index contributed by atoms with van der Waals surface area (Å²) in [5.74, 6) is 2.11. The number of nitrogens with zero attached hydrogens (tertiary/aromatic N) is 1. The second kappa shape index (κ2) is 4.79. The molecule has 1 N–H and O–H groups in total. The van der Waals surface area contributed by atoms with Gasteiger partial charge in [-0.2, -0.15) is 0 Å². The highest BCUT2D eigenvalue weighted by Crippen LogP contribution is 2.47. The molecule has 4 unspecified atom stereocenters. The maximum atomic E-state index is 3.78. The molecule has 0 radical (unpaired) electrons. The maximum absolute atomic E-state index is 3.78. The van der Waals surface area contributed by atoms with Crippen LogP contribution in [-0.2, 0) is 0 Å². The molecule has 1 aliphatic heterocycles. The van der Waals surface area contributed by atoms with E-state index >= 15 is 0 Å². The van der Waals surface area contributed by atoms with Gasteiger partial charge in [-0.1, -0.05) is 27.2 Å². The first-order chi connectivity index (χ1) is 8.54. The fourth-order valence-electron chi connectivity index (χ4n) is 4.49. The van der Waals surface area contributed by atoms with Crippen LogP contribution in [0.3, 0.4) is 0 Å². The number of hydrogen-bond donors (Lipinski definition) is 1. The Morgan fingerprint density at radius 3 is 2.56 bits per heavy atom. The molecular formula is C16H30N2. The standard InChI is InChI=1S/C16H30N2/c1-16(2,3)15-11-18(8-4-7-17-15)14-10-12-5-6-13(14)9-12/h12-15,17H,4-11H2,1-3H3. The zero-order valence-electron chi connectivity index (χ0n) is 12.4. The highest BCUT2D eigenvalue weighted by Gasteiger charge is 2.43. The minimum Gasteiger partial charge on any atom is -0.312 e. The summed E-state index contributed by atoms with van der Waals surface area (Å²) in [5, 5.41) is 3.78. The number of hydrogen-bond acceptors (Lipinski definition) is 2. The van der Waals surface area contributed by atoms with Gasteiger partial charge < -0.3 is 5.32 Å². The van der Waals surface area contributed by atoms with E-state index in [1.165, 1.54) is 51.7 Å². The van der Waals surface area contributed by atoms with Crippen LogP contribution in [0.5, 0.6) is 0 Å². The van der Waals surface area contributed by atoms with Gasteiger partial charge in [-0.05, 0) is 56.0 Å². The Balaban J connectivity index is 1.68. The van der Waals surface area contributed by atoms with E-state index in [1.807, 2.05) is 0 Å². The van der Waals surface area contributed by atoms with Crippen molar-refractivity contribution in [3.8, 4) is 0 Å². The SMILES string of the molecule is CC(C)(C)C1CN(C2CC3CCC2C3)CCCN1. The molecule has 104 valence electrons.